The first kappa shape index (κ1) is 23.6. The maximum Gasteiger partial charge on any atom is 0.344 e. The van der Waals surface area contributed by atoms with E-state index in [1.54, 1.807) is 55.5 Å². The van der Waals surface area contributed by atoms with Gasteiger partial charge in [0.25, 0.3) is 11.8 Å². The summed E-state index contributed by atoms with van der Waals surface area (Å²) < 4.78 is 5.19. The lowest BCUT2D eigenvalue weighted by Gasteiger charge is -2.22. The SMILES string of the molecule is COc1cccc(C2(C)NC(=O)N(NC(=O)c3ccc(CNC(=O)NC(C)C)cc3)C2=O)c1. The van der Waals surface area contributed by atoms with E-state index in [-0.39, 0.29) is 24.2 Å². The molecule has 1 aliphatic heterocycles. The molecule has 1 saturated heterocycles. The molecule has 1 unspecified atom stereocenters. The number of urea groups is 2. The van der Waals surface area contributed by atoms with Crippen LogP contribution in [0, 0.1) is 0 Å². The molecule has 2 aromatic rings. The van der Waals surface area contributed by atoms with Gasteiger partial charge in [0, 0.05) is 18.2 Å². The third-order valence-corrected chi connectivity index (χ3v) is 5.14. The molecule has 1 atom stereocenters. The van der Waals surface area contributed by atoms with Crippen LogP contribution in [0.5, 0.6) is 5.75 Å². The van der Waals surface area contributed by atoms with Crippen LogP contribution in [0.3, 0.4) is 0 Å². The van der Waals surface area contributed by atoms with E-state index in [0.29, 0.717) is 16.3 Å². The molecule has 6 amide bonds. The van der Waals surface area contributed by atoms with Gasteiger partial charge in [0.1, 0.15) is 11.3 Å². The number of carbonyl (C=O) groups is 4. The fourth-order valence-electron chi connectivity index (χ4n) is 3.31. The maximum atomic E-state index is 13.0. The zero-order valence-electron chi connectivity index (χ0n) is 18.9. The van der Waals surface area contributed by atoms with E-state index in [4.69, 9.17) is 4.74 Å². The highest BCUT2D eigenvalue weighted by atomic mass is 16.5. The molecule has 33 heavy (non-hydrogen) atoms. The van der Waals surface area contributed by atoms with Crippen molar-refractivity contribution in [1.29, 1.82) is 0 Å². The van der Waals surface area contributed by atoms with Gasteiger partial charge in [0.15, 0.2) is 0 Å². The summed E-state index contributed by atoms with van der Waals surface area (Å²) in [6.07, 6.45) is 0. The zero-order valence-corrected chi connectivity index (χ0v) is 18.9. The van der Waals surface area contributed by atoms with E-state index < -0.39 is 23.4 Å². The fourth-order valence-corrected chi connectivity index (χ4v) is 3.31. The predicted octanol–water partition coefficient (Wildman–Crippen LogP) is 2.01. The molecule has 1 aliphatic rings. The van der Waals surface area contributed by atoms with E-state index in [2.05, 4.69) is 21.4 Å². The average Bonchev–Trinajstić information content (AvgIpc) is 3.01. The lowest BCUT2D eigenvalue weighted by Crippen LogP contribution is -2.47. The Bertz CT molecular complexity index is 1070. The Kier molecular flexibility index (Phi) is 6.86. The first-order chi connectivity index (χ1) is 15.6. The van der Waals surface area contributed by atoms with Crippen LogP contribution < -0.4 is 26.1 Å². The Labute approximate surface area is 191 Å². The maximum absolute atomic E-state index is 13.0. The standard InChI is InChI=1S/C23H27N5O5/c1-14(2)25-21(31)24-13-15-8-10-16(11-9-15)19(29)27-28-20(30)23(3,26-22(28)32)17-6-5-7-18(12-17)33-4/h5-12,14H,13H2,1-4H3,(H,26,32)(H,27,29)(H2,24,25,31). The predicted molar refractivity (Wildman–Crippen MR) is 120 cm³/mol. The molecule has 4 N–H and O–H groups in total. The van der Waals surface area contributed by atoms with Crippen LogP contribution in [0.4, 0.5) is 9.59 Å². The summed E-state index contributed by atoms with van der Waals surface area (Å²) in [6.45, 7) is 5.56. The Hall–Kier alpha value is -4.08. The van der Waals surface area contributed by atoms with E-state index >= 15 is 0 Å². The second-order valence-electron chi connectivity index (χ2n) is 8.05. The second kappa shape index (κ2) is 9.60. The highest BCUT2D eigenvalue weighted by molar-refractivity contribution is 6.09. The fraction of sp³-hybridized carbons (Fsp3) is 0.304. The van der Waals surface area contributed by atoms with E-state index in [1.165, 1.54) is 7.11 Å². The van der Waals surface area contributed by atoms with Crippen LogP contribution in [0.2, 0.25) is 0 Å². The summed E-state index contributed by atoms with van der Waals surface area (Å²) in [6, 6.07) is 12.2. The van der Waals surface area contributed by atoms with E-state index in [0.717, 1.165) is 5.56 Å². The van der Waals surface area contributed by atoms with Crippen molar-refractivity contribution in [3.8, 4) is 5.75 Å². The molecule has 10 heteroatoms. The molecule has 1 fully saturated rings. The largest absolute Gasteiger partial charge is 0.497 e. The summed E-state index contributed by atoms with van der Waals surface area (Å²) in [5, 5.41) is 8.74. The monoisotopic (exact) mass is 453 g/mol. The first-order valence-electron chi connectivity index (χ1n) is 10.4. The molecular weight excluding hydrogens is 426 g/mol. The Morgan fingerprint density at radius 1 is 1.12 bits per heavy atom. The number of methoxy groups -OCH3 is 1. The topological polar surface area (TPSA) is 129 Å². The third kappa shape index (κ3) is 5.22. The van der Waals surface area contributed by atoms with Crippen LogP contribution in [0.1, 0.15) is 42.3 Å². The van der Waals surface area contributed by atoms with E-state index in [9.17, 15) is 19.2 Å². The van der Waals surface area contributed by atoms with Crippen molar-refractivity contribution in [2.24, 2.45) is 0 Å². The van der Waals surface area contributed by atoms with Crippen molar-refractivity contribution in [2.45, 2.75) is 38.9 Å². The molecule has 0 radical (unpaired) electrons. The smallest absolute Gasteiger partial charge is 0.344 e. The van der Waals surface area contributed by atoms with Crippen molar-refractivity contribution in [3.05, 3.63) is 65.2 Å². The van der Waals surface area contributed by atoms with Gasteiger partial charge >= 0.3 is 12.1 Å². The Balaban J connectivity index is 1.65. The first-order valence-corrected chi connectivity index (χ1v) is 10.4. The van der Waals surface area contributed by atoms with Crippen LogP contribution in [-0.2, 0) is 16.9 Å². The van der Waals surface area contributed by atoms with Crippen molar-refractivity contribution in [3.63, 3.8) is 0 Å². The normalized spacial score (nSPS) is 17.5. The second-order valence-corrected chi connectivity index (χ2v) is 8.05. The molecule has 3 rings (SSSR count). The summed E-state index contributed by atoms with van der Waals surface area (Å²) in [7, 11) is 1.50. The minimum absolute atomic E-state index is 0.0207. The van der Waals surface area contributed by atoms with Gasteiger partial charge in [0.2, 0.25) is 0 Å². The number of rotatable bonds is 7. The number of hydrogen-bond donors (Lipinski definition) is 4. The third-order valence-electron chi connectivity index (χ3n) is 5.14. The highest BCUT2D eigenvalue weighted by Gasteiger charge is 2.50. The van der Waals surface area contributed by atoms with Gasteiger partial charge in [-0.2, -0.15) is 5.01 Å². The number of amides is 6. The van der Waals surface area contributed by atoms with Crippen molar-refractivity contribution in [2.75, 3.05) is 7.11 Å². The van der Waals surface area contributed by atoms with Gasteiger partial charge in [0.05, 0.1) is 7.11 Å². The quantitative estimate of drug-likeness (QED) is 0.477. The van der Waals surface area contributed by atoms with Gasteiger partial charge in [-0.3, -0.25) is 15.0 Å². The number of imide groups is 1. The van der Waals surface area contributed by atoms with Gasteiger partial charge < -0.3 is 20.7 Å². The molecule has 0 spiro atoms. The molecule has 1 heterocycles. The number of nitrogens with zero attached hydrogens (tertiary/aromatic N) is 1. The molecular formula is C23H27N5O5. The molecule has 2 aromatic carbocycles. The summed E-state index contributed by atoms with van der Waals surface area (Å²) in [4.78, 5) is 49.8. The van der Waals surface area contributed by atoms with Crippen molar-refractivity contribution in [1.82, 2.24) is 26.4 Å². The Morgan fingerprint density at radius 3 is 2.45 bits per heavy atom. The zero-order chi connectivity index (χ0) is 24.2. The number of carbonyl (C=O) groups excluding carboxylic acids is 4. The van der Waals surface area contributed by atoms with Gasteiger partial charge in [-0.1, -0.05) is 24.3 Å². The van der Waals surface area contributed by atoms with Crippen LogP contribution in [0.25, 0.3) is 0 Å². The number of hydrogen-bond acceptors (Lipinski definition) is 5. The van der Waals surface area contributed by atoms with Crippen LogP contribution >= 0.6 is 0 Å². The minimum atomic E-state index is -1.36. The molecule has 0 aliphatic carbocycles. The minimum Gasteiger partial charge on any atom is -0.497 e. The molecule has 10 nitrogen and oxygen atoms in total. The Morgan fingerprint density at radius 2 is 1.82 bits per heavy atom. The average molecular weight is 453 g/mol. The van der Waals surface area contributed by atoms with Gasteiger partial charge in [-0.15, -0.1) is 0 Å². The van der Waals surface area contributed by atoms with E-state index in [1.807, 2.05) is 13.8 Å². The highest BCUT2D eigenvalue weighted by Crippen LogP contribution is 2.30. The molecule has 0 bridgehead atoms. The summed E-state index contributed by atoms with van der Waals surface area (Å²) in [5.41, 5.74) is 2.56. The van der Waals surface area contributed by atoms with Crippen LogP contribution in [0.15, 0.2) is 48.5 Å². The van der Waals surface area contributed by atoms with Crippen molar-refractivity contribution >= 4 is 23.9 Å². The molecule has 0 aromatic heterocycles. The van der Waals surface area contributed by atoms with Crippen molar-refractivity contribution < 1.29 is 23.9 Å². The van der Waals surface area contributed by atoms with Gasteiger partial charge in [-0.05, 0) is 56.2 Å². The number of nitrogens with one attached hydrogen (secondary N) is 4. The number of hydrazine groups is 1. The number of ether oxygens (including phenoxy) is 1. The summed E-state index contributed by atoms with van der Waals surface area (Å²) >= 11 is 0. The lowest BCUT2D eigenvalue weighted by molar-refractivity contribution is -0.132. The molecule has 0 saturated carbocycles. The summed E-state index contributed by atoms with van der Waals surface area (Å²) in [5.74, 6) is -0.703. The van der Waals surface area contributed by atoms with Crippen LogP contribution in [-0.4, -0.2) is 42.0 Å². The molecule has 174 valence electrons. The number of benzene rings is 2. The van der Waals surface area contributed by atoms with Gasteiger partial charge in [-0.25, -0.2) is 9.59 Å². The lowest BCUT2D eigenvalue weighted by atomic mass is 9.92.